The summed E-state index contributed by atoms with van der Waals surface area (Å²) in [6, 6.07) is 5.02. The molecule has 0 fully saturated rings. The summed E-state index contributed by atoms with van der Waals surface area (Å²) in [7, 11) is 0. The fourth-order valence-electron chi connectivity index (χ4n) is 1.82. The molecule has 0 spiro atoms. The van der Waals surface area contributed by atoms with Crippen LogP contribution in [0.4, 0.5) is 4.39 Å². The lowest BCUT2D eigenvalue weighted by Crippen LogP contribution is -2.13. The average molecular weight is 326 g/mol. The molecule has 102 valence electrons. The standard InChI is InChI=1S/C14H17BrFN3/c1-2-5-17-7-12-8-18-19(10-12)9-11-3-4-14(16)13(15)6-11/h3-4,6,8,10,17H,2,5,7,9H2,1H3. The summed E-state index contributed by atoms with van der Waals surface area (Å²) in [5.74, 6) is -0.242. The van der Waals surface area contributed by atoms with Crippen molar-refractivity contribution in [3.05, 3.63) is 52.0 Å². The predicted octanol–water partition coefficient (Wildman–Crippen LogP) is 3.33. The molecule has 0 bridgehead atoms. The maximum absolute atomic E-state index is 13.1. The van der Waals surface area contributed by atoms with Crippen molar-refractivity contribution in [2.75, 3.05) is 6.54 Å². The molecule has 2 rings (SSSR count). The first-order chi connectivity index (χ1) is 9.19. The van der Waals surface area contributed by atoms with Crippen LogP contribution in [0.5, 0.6) is 0 Å². The summed E-state index contributed by atoms with van der Waals surface area (Å²) in [4.78, 5) is 0. The van der Waals surface area contributed by atoms with Crippen LogP contribution in [0.25, 0.3) is 0 Å². The van der Waals surface area contributed by atoms with Crippen LogP contribution in [0.15, 0.2) is 35.1 Å². The van der Waals surface area contributed by atoms with Crippen LogP contribution in [0.1, 0.15) is 24.5 Å². The Labute approximate surface area is 121 Å². The molecule has 0 aliphatic carbocycles. The summed E-state index contributed by atoms with van der Waals surface area (Å²) < 4.78 is 15.5. The van der Waals surface area contributed by atoms with Gasteiger partial charge in [0.1, 0.15) is 5.82 Å². The molecule has 3 nitrogen and oxygen atoms in total. The van der Waals surface area contributed by atoms with Crippen LogP contribution in [0.2, 0.25) is 0 Å². The lowest BCUT2D eigenvalue weighted by molar-refractivity contribution is 0.617. The van der Waals surface area contributed by atoms with Gasteiger partial charge in [-0.2, -0.15) is 5.10 Å². The van der Waals surface area contributed by atoms with E-state index in [-0.39, 0.29) is 5.82 Å². The van der Waals surface area contributed by atoms with E-state index in [0.717, 1.165) is 30.6 Å². The molecule has 1 heterocycles. The largest absolute Gasteiger partial charge is 0.313 e. The molecule has 2 aromatic rings. The van der Waals surface area contributed by atoms with E-state index in [4.69, 9.17) is 0 Å². The van der Waals surface area contributed by atoms with Crippen molar-refractivity contribution in [2.45, 2.75) is 26.4 Å². The van der Waals surface area contributed by atoms with Gasteiger partial charge >= 0.3 is 0 Å². The van der Waals surface area contributed by atoms with Gasteiger partial charge in [0.15, 0.2) is 0 Å². The van der Waals surface area contributed by atoms with Crippen LogP contribution >= 0.6 is 15.9 Å². The Hall–Kier alpha value is -1.20. The number of nitrogens with one attached hydrogen (secondary N) is 1. The number of rotatable bonds is 6. The van der Waals surface area contributed by atoms with E-state index in [1.807, 2.05) is 17.1 Å². The van der Waals surface area contributed by atoms with Gasteiger partial charge in [0.05, 0.1) is 17.2 Å². The molecule has 19 heavy (non-hydrogen) atoms. The molecule has 1 aromatic heterocycles. The Kier molecular flexibility index (Phi) is 5.10. The summed E-state index contributed by atoms with van der Waals surface area (Å²) in [5.41, 5.74) is 2.18. The summed E-state index contributed by atoms with van der Waals surface area (Å²) in [6.45, 7) is 4.63. The predicted molar refractivity (Wildman–Crippen MR) is 77.4 cm³/mol. The summed E-state index contributed by atoms with van der Waals surface area (Å²) >= 11 is 3.19. The van der Waals surface area contributed by atoms with E-state index in [1.165, 1.54) is 6.07 Å². The maximum atomic E-state index is 13.1. The van der Waals surface area contributed by atoms with Crippen molar-refractivity contribution in [1.29, 1.82) is 0 Å². The highest BCUT2D eigenvalue weighted by atomic mass is 79.9. The molecule has 1 N–H and O–H groups in total. The van der Waals surface area contributed by atoms with E-state index in [2.05, 4.69) is 33.3 Å². The topological polar surface area (TPSA) is 29.9 Å². The number of benzene rings is 1. The molecule has 0 atom stereocenters. The van der Waals surface area contributed by atoms with Gasteiger partial charge in [0.25, 0.3) is 0 Å². The zero-order valence-electron chi connectivity index (χ0n) is 10.9. The molecule has 0 radical (unpaired) electrons. The van der Waals surface area contributed by atoms with E-state index in [9.17, 15) is 4.39 Å². The van der Waals surface area contributed by atoms with Crippen molar-refractivity contribution in [1.82, 2.24) is 15.1 Å². The molecule has 0 unspecified atom stereocenters. The van der Waals surface area contributed by atoms with E-state index in [0.29, 0.717) is 11.0 Å². The Morgan fingerprint density at radius 2 is 2.21 bits per heavy atom. The van der Waals surface area contributed by atoms with Gasteiger partial charge < -0.3 is 5.32 Å². The van der Waals surface area contributed by atoms with Gasteiger partial charge in [0.2, 0.25) is 0 Å². The first kappa shape index (κ1) is 14.2. The third-order valence-corrected chi connectivity index (χ3v) is 3.38. The number of aromatic nitrogens is 2. The molecule has 5 heteroatoms. The third kappa shape index (κ3) is 4.14. The first-order valence-corrected chi connectivity index (χ1v) is 7.14. The summed E-state index contributed by atoms with van der Waals surface area (Å²) in [5, 5.41) is 7.64. The first-order valence-electron chi connectivity index (χ1n) is 6.35. The van der Waals surface area contributed by atoms with Crippen LogP contribution in [0.3, 0.4) is 0 Å². The molecular weight excluding hydrogens is 309 g/mol. The smallest absolute Gasteiger partial charge is 0.137 e. The van der Waals surface area contributed by atoms with Gasteiger partial charge in [-0.15, -0.1) is 0 Å². The van der Waals surface area contributed by atoms with Crippen LogP contribution in [-0.4, -0.2) is 16.3 Å². The summed E-state index contributed by atoms with van der Waals surface area (Å²) in [6.07, 6.45) is 5.00. The minimum Gasteiger partial charge on any atom is -0.313 e. The molecule has 0 amide bonds. The van der Waals surface area contributed by atoms with Gasteiger partial charge in [0, 0.05) is 18.3 Å². The second-order valence-electron chi connectivity index (χ2n) is 4.47. The number of hydrogen-bond donors (Lipinski definition) is 1. The van der Waals surface area contributed by atoms with Crippen molar-refractivity contribution in [3.63, 3.8) is 0 Å². The Morgan fingerprint density at radius 3 is 2.95 bits per heavy atom. The van der Waals surface area contributed by atoms with E-state index < -0.39 is 0 Å². The molecule has 0 saturated carbocycles. The van der Waals surface area contributed by atoms with Gasteiger partial charge in [-0.25, -0.2) is 4.39 Å². The zero-order valence-corrected chi connectivity index (χ0v) is 12.5. The Balaban J connectivity index is 1.97. The quantitative estimate of drug-likeness (QED) is 0.825. The van der Waals surface area contributed by atoms with Crippen molar-refractivity contribution in [3.8, 4) is 0 Å². The number of halogens is 2. The molecule has 0 aliphatic rings. The maximum Gasteiger partial charge on any atom is 0.137 e. The highest BCUT2D eigenvalue weighted by molar-refractivity contribution is 9.10. The second kappa shape index (κ2) is 6.82. The fourth-order valence-corrected chi connectivity index (χ4v) is 2.24. The minimum atomic E-state index is -0.242. The van der Waals surface area contributed by atoms with Crippen LogP contribution in [0, 0.1) is 5.82 Å². The second-order valence-corrected chi connectivity index (χ2v) is 5.33. The van der Waals surface area contributed by atoms with Crippen LogP contribution < -0.4 is 5.32 Å². The molecule has 0 aliphatic heterocycles. The van der Waals surface area contributed by atoms with Crippen molar-refractivity contribution in [2.24, 2.45) is 0 Å². The lowest BCUT2D eigenvalue weighted by Gasteiger charge is -2.03. The van der Waals surface area contributed by atoms with Gasteiger partial charge in [-0.3, -0.25) is 4.68 Å². The number of nitrogens with zero attached hydrogens (tertiary/aromatic N) is 2. The monoisotopic (exact) mass is 325 g/mol. The molecular formula is C14H17BrFN3. The van der Waals surface area contributed by atoms with E-state index in [1.54, 1.807) is 12.1 Å². The van der Waals surface area contributed by atoms with Crippen molar-refractivity contribution >= 4 is 15.9 Å². The third-order valence-electron chi connectivity index (χ3n) is 2.77. The highest BCUT2D eigenvalue weighted by Crippen LogP contribution is 2.17. The normalized spacial score (nSPS) is 10.9. The lowest BCUT2D eigenvalue weighted by atomic mass is 10.2. The van der Waals surface area contributed by atoms with Gasteiger partial charge in [-0.05, 0) is 46.6 Å². The van der Waals surface area contributed by atoms with Crippen molar-refractivity contribution < 1.29 is 4.39 Å². The zero-order chi connectivity index (χ0) is 13.7. The van der Waals surface area contributed by atoms with Crippen LogP contribution in [-0.2, 0) is 13.1 Å². The minimum absolute atomic E-state index is 0.242. The SMILES string of the molecule is CCCNCc1cnn(Cc2ccc(F)c(Br)c2)c1. The van der Waals surface area contributed by atoms with E-state index >= 15 is 0 Å². The number of hydrogen-bond acceptors (Lipinski definition) is 2. The Bertz CT molecular complexity index is 539. The highest BCUT2D eigenvalue weighted by Gasteiger charge is 2.03. The molecule has 1 aromatic carbocycles. The fraction of sp³-hybridized carbons (Fsp3) is 0.357. The Morgan fingerprint density at radius 1 is 1.37 bits per heavy atom. The average Bonchev–Trinajstić information content (AvgIpc) is 2.82. The molecule has 0 saturated heterocycles. The van der Waals surface area contributed by atoms with Gasteiger partial charge in [-0.1, -0.05) is 13.0 Å².